The van der Waals surface area contributed by atoms with E-state index in [1.54, 1.807) is 0 Å². The summed E-state index contributed by atoms with van der Waals surface area (Å²) in [6, 6.07) is 0. The summed E-state index contributed by atoms with van der Waals surface area (Å²) < 4.78 is 34.9. The van der Waals surface area contributed by atoms with Gasteiger partial charge in [0.25, 0.3) is 0 Å². The summed E-state index contributed by atoms with van der Waals surface area (Å²) in [5.41, 5.74) is 5.10. The maximum atomic E-state index is 11.6. The molecule has 0 rings (SSSR count). The fraction of sp³-hybridized carbons (Fsp3) is 0.875. The van der Waals surface area contributed by atoms with Crippen LogP contribution in [0.2, 0.25) is 0 Å². The Kier molecular flexibility index (Phi) is 5.70. The van der Waals surface area contributed by atoms with Crippen LogP contribution in [0.3, 0.4) is 0 Å². The van der Waals surface area contributed by atoms with Gasteiger partial charge < -0.3 is 5.73 Å². The SMILES string of the molecule is NCCC(=O)CCCCC(F)(F)F. The van der Waals surface area contributed by atoms with Crippen LogP contribution in [-0.2, 0) is 4.79 Å². The van der Waals surface area contributed by atoms with Gasteiger partial charge >= 0.3 is 6.18 Å². The van der Waals surface area contributed by atoms with E-state index in [9.17, 15) is 18.0 Å². The predicted molar refractivity (Wildman–Crippen MR) is 43.2 cm³/mol. The number of ketones is 1. The maximum Gasteiger partial charge on any atom is 0.389 e. The zero-order valence-electron chi connectivity index (χ0n) is 7.36. The van der Waals surface area contributed by atoms with E-state index in [2.05, 4.69) is 0 Å². The topological polar surface area (TPSA) is 43.1 Å². The molecule has 0 heterocycles. The molecule has 0 aromatic heterocycles. The van der Waals surface area contributed by atoms with Crippen LogP contribution in [0.15, 0.2) is 0 Å². The Balaban J connectivity index is 3.31. The predicted octanol–water partition coefficient (Wildman–Crippen LogP) is 2.03. The van der Waals surface area contributed by atoms with Crippen molar-refractivity contribution in [1.82, 2.24) is 0 Å². The number of unbranched alkanes of at least 4 members (excludes halogenated alkanes) is 1. The molecule has 0 fully saturated rings. The Labute approximate surface area is 75.3 Å². The molecule has 0 aromatic rings. The number of halogens is 3. The third-order valence-corrected chi connectivity index (χ3v) is 1.59. The summed E-state index contributed by atoms with van der Waals surface area (Å²) >= 11 is 0. The molecule has 13 heavy (non-hydrogen) atoms. The van der Waals surface area contributed by atoms with Gasteiger partial charge in [0.15, 0.2) is 0 Å². The number of carbonyl (C=O) groups is 1. The zero-order chi connectivity index (χ0) is 10.3. The number of nitrogens with two attached hydrogens (primary N) is 1. The monoisotopic (exact) mass is 197 g/mol. The van der Waals surface area contributed by atoms with Gasteiger partial charge in [0, 0.05) is 19.3 Å². The molecule has 0 bridgehead atoms. The number of carbonyl (C=O) groups excluding carboxylic acids is 1. The lowest BCUT2D eigenvalue weighted by atomic mass is 10.1. The van der Waals surface area contributed by atoms with Crippen LogP contribution in [0, 0.1) is 0 Å². The highest BCUT2D eigenvalue weighted by Crippen LogP contribution is 2.22. The molecule has 0 radical (unpaired) electrons. The normalized spacial score (nSPS) is 11.7. The lowest BCUT2D eigenvalue weighted by molar-refractivity contribution is -0.136. The number of hydrogen-bond acceptors (Lipinski definition) is 2. The molecule has 0 atom stereocenters. The summed E-state index contributed by atoms with van der Waals surface area (Å²) in [5, 5.41) is 0. The van der Waals surface area contributed by atoms with Crippen LogP contribution in [-0.4, -0.2) is 18.5 Å². The van der Waals surface area contributed by atoms with E-state index in [-0.39, 0.29) is 31.6 Å². The van der Waals surface area contributed by atoms with Gasteiger partial charge in [-0.15, -0.1) is 0 Å². The summed E-state index contributed by atoms with van der Waals surface area (Å²) in [4.78, 5) is 10.8. The van der Waals surface area contributed by atoms with E-state index >= 15 is 0 Å². The summed E-state index contributed by atoms with van der Waals surface area (Å²) in [5.74, 6) is -0.0512. The van der Waals surface area contributed by atoms with Crippen molar-refractivity contribution >= 4 is 5.78 Å². The second kappa shape index (κ2) is 5.96. The van der Waals surface area contributed by atoms with Crippen LogP contribution >= 0.6 is 0 Å². The van der Waals surface area contributed by atoms with Crippen LogP contribution < -0.4 is 5.73 Å². The number of Topliss-reactive ketones (excluding diaryl/α,β-unsaturated/α-hetero) is 1. The van der Waals surface area contributed by atoms with Gasteiger partial charge in [0.05, 0.1) is 0 Å². The average Bonchev–Trinajstić information content (AvgIpc) is 1.97. The van der Waals surface area contributed by atoms with E-state index in [0.717, 1.165) is 0 Å². The van der Waals surface area contributed by atoms with Gasteiger partial charge in [0.1, 0.15) is 5.78 Å². The van der Waals surface area contributed by atoms with Gasteiger partial charge in [-0.2, -0.15) is 13.2 Å². The molecule has 0 unspecified atom stereocenters. The number of alkyl halides is 3. The van der Waals surface area contributed by atoms with Crippen LogP contribution in [0.1, 0.15) is 32.1 Å². The van der Waals surface area contributed by atoms with Crippen LogP contribution in [0.5, 0.6) is 0 Å². The van der Waals surface area contributed by atoms with Gasteiger partial charge in [-0.05, 0) is 19.4 Å². The van der Waals surface area contributed by atoms with Crippen LogP contribution in [0.25, 0.3) is 0 Å². The minimum absolute atomic E-state index is 0.0276. The molecule has 0 saturated heterocycles. The fourth-order valence-corrected chi connectivity index (χ4v) is 0.934. The molecular weight excluding hydrogens is 183 g/mol. The molecule has 2 N–H and O–H groups in total. The molecule has 5 heteroatoms. The molecule has 0 saturated carbocycles. The first kappa shape index (κ1) is 12.4. The zero-order valence-corrected chi connectivity index (χ0v) is 7.36. The highest BCUT2D eigenvalue weighted by molar-refractivity contribution is 5.78. The lowest BCUT2D eigenvalue weighted by Crippen LogP contribution is -2.09. The van der Waals surface area contributed by atoms with Gasteiger partial charge in [-0.1, -0.05) is 0 Å². The van der Waals surface area contributed by atoms with Crippen molar-refractivity contribution in [3.63, 3.8) is 0 Å². The average molecular weight is 197 g/mol. The third kappa shape index (κ3) is 9.33. The quantitative estimate of drug-likeness (QED) is 0.662. The Bertz CT molecular complexity index is 156. The van der Waals surface area contributed by atoms with Crippen molar-refractivity contribution in [3.05, 3.63) is 0 Å². The molecule has 0 aliphatic rings. The Hall–Kier alpha value is -0.580. The van der Waals surface area contributed by atoms with Gasteiger partial charge in [0.2, 0.25) is 0 Å². The summed E-state index contributed by atoms with van der Waals surface area (Å²) in [7, 11) is 0. The van der Waals surface area contributed by atoms with Crippen molar-refractivity contribution in [2.45, 2.75) is 38.3 Å². The maximum absolute atomic E-state index is 11.6. The Morgan fingerprint density at radius 3 is 2.23 bits per heavy atom. The Morgan fingerprint density at radius 1 is 1.15 bits per heavy atom. The van der Waals surface area contributed by atoms with Crippen LogP contribution in [0.4, 0.5) is 13.2 Å². The van der Waals surface area contributed by atoms with Crippen molar-refractivity contribution in [1.29, 1.82) is 0 Å². The first-order valence-electron chi connectivity index (χ1n) is 4.24. The largest absolute Gasteiger partial charge is 0.389 e. The summed E-state index contributed by atoms with van der Waals surface area (Å²) in [6.45, 7) is 0.276. The molecule has 2 nitrogen and oxygen atoms in total. The molecule has 78 valence electrons. The van der Waals surface area contributed by atoms with Crippen molar-refractivity contribution in [2.24, 2.45) is 5.73 Å². The van der Waals surface area contributed by atoms with Gasteiger partial charge in [-0.3, -0.25) is 4.79 Å². The fourth-order valence-electron chi connectivity index (χ4n) is 0.934. The smallest absolute Gasteiger partial charge is 0.330 e. The van der Waals surface area contributed by atoms with Crippen molar-refractivity contribution < 1.29 is 18.0 Å². The second-order valence-electron chi connectivity index (χ2n) is 2.90. The highest BCUT2D eigenvalue weighted by Gasteiger charge is 2.25. The standard InChI is InChI=1S/C8H14F3NO/c9-8(10,11)5-2-1-3-7(13)4-6-12/h1-6,12H2. The van der Waals surface area contributed by atoms with E-state index in [4.69, 9.17) is 5.73 Å². The molecule has 0 amide bonds. The first-order valence-corrected chi connectivity index (χ1v) is 4.24. The first-order chi connectivity index (χ1) is 5.95. The lowest BCUT2D eigenvalue weighted by Gasteiger charge is -2.04. The number of hydrogen-bond donors (Lipinski definition) is 1. The molecule has 0 spiro atoms. The summed E-state index contributed by atoms with van der Waals surface area (Å²) in [6.07, 6.45) is -4.09. The van der Waals surface area contributed by atoms with E-state index in [0.29, 0.717) is 6.42 Å². The van der Waals surface area contributed by atoms with Crippen molar-refractivity contribution in [2.75, 3.05) is 6.54 Å². The minimum Gasteiger partial charge on any atom is -0.330 e. The van der Waals surface area contributed by atoms with Gasteiger partial charge in [-0.25, -0.2) is 0 Å². The second-order valence-corrected chi connectivity index (χ2v) is 2.90. The highest BCUT2D eigenvalue weighted by atomic mass is 19.4. The molecule has 0 aliphatic heterocycles. The minimum atomic E-state index is -4.10. The Morgan fingerprint density at radius 2 is 1.77 bits per heavy atom. The molecule has 0 aromatic carbocycles. The van der Waals surface area contributed by atoms with Crippen molar-refractivity contribution in [3.8, 4) is 0 Å². The number of rotatable bonds is 6. The molecule has 0 aliphatic carbocycles. The molecular formula is C8H14F3NO. The van der Waals surface area contributed by atoms with E-state index in [1.807, 2.05) is 0 Å². The van der Waals surface area contributed by atoms with E-state index in [1.165, 1.54) is 0 Å². The van der Waals surface area contributed by atoms with E-state index < -0.39 is 12.6 Å². The third-order valence-electron chi connectivity index (χ3n) is 1.59.